The summed E-state index contributed by atoms with van der Waals surface area (Å²) >= 11 is 0. The summed E-state index contributed by atoms with van der Waals surface area (Å²) in [5.41, 5.74) is 8.84. The summed E-state index contributed by atoms with van der Waals surface area (Å²) in [5, 5.41) is 7.49. The van der Waals surface area contributed by atoms with Gasteiger partial charge in [-0.05, 0) is 51.7 Å². The summed E-state index contributed by atoms with van der Waals surface area (Å²) in [5.74, 6) is 0.132. The molecule has 0 aliphatic heterocycles. The van der Waals surface area contributed by atoms with E-state index in [9.17, 15) is 0 Å². The molecule has 1 atom stereocenters. The third-order valence-corrected chi connectivity index (χ3v) is 3.69. The molecule has 0 aromatic heterocycles. The second kappa shape index (κ2) is 7.41. The van der Waals surface area contributed by atoms with Crippen molar-refractivity contribution >= 4 is 5.84 Å². The Hall–Kier alpha value is -1.39. The Morgan fingerprint density at radius 3 is 2.45 bits per heavy atom. The molecule has 1 aromatic carbocycles. The monoisotopic (exact) mass is 276 g/mol. The Bertz CT molecular complexity index is 454. The molecule has 1 unspecified atom stereocenters. The summed E-state index contributed by atoms with van der Waals surface area (Å²) in [4.78, 5) is 4.69. The van der Waals surface area contributed by atoms with Gasteiger partial charge in [0.25, 0.3) is 0 Å². The van der Waals surface area contributed by atoms with Crippen LogP contribution in [0.5, 0.6) is 0 Å². The first-order valence-corrected chi connectivity index (χ1v) is 7.17. The van der Waals surface area contributed by atoms with Crippen LogP contribution in [0, 0.1) is 12.3 Å². The molecule has 1 rings (SSSR count). The maximum absolute atomic E-state index is 7.49. The second-order valence-corrected chi connectivity index (χ2v) is 5.73. The molecule has 0 saturated carbocycles. The molecular formula is C16H28N4. The Kier molecular flexibility index (Phi) is 6.17. The van der Waals surface area contributed by atoms with Crippen LogP contribution in [0.25, 0.3) is 0 Å². The molecule has 0 fully saturated rings. The van der Waals surface area contributed by atoms with Gasteiger partial charge in [-0.2, -0.15) is 0 Å². The van der Waals surface area contributed by atoms with Gasteiger partial charge in [0.05, 0.1) is 0 Å². The van der Waals surface area contributed by atoms with Gasteiger partial charge in [0, 0.05) is 24.7 Å². The molecule has 0 saturated heterocycles. The van der Waals surface area contributed by atoms with Crippen LogP contribution < -0.4 is 5.73 Å². The summed E-state index contributed by atoms with van der Waals surface area (Å²) in [7, 11) is 4.22. The zero-order valence-corrected chi connectivity index (χ0v) is 13.4. The second-order valence-electron chi connectivity index (χ2n) is 5.73. The van der Waals surface area contributed by atoms with E-state index in [2.05, 4.69) is 50.7 Å². The fourth-order valence-electron chi connectivity index (χ4n) is 2.48. The number of nitrogen functional groups attached to an aromatic ring is 1. The molecule has 0 heterocycles. The highest BCUT2D eigenvalue weighted by atomic mass is 15.2. The molecule has 3 N–H and O–H groups in total. The Morgan fingerprint density at radius 2 is 2.00 bits per heavy atom. The molecule has 0 aliphatic carbocycles. The fraction of sp³-hybridized carbons (Fsp3) is 0.562. The van der Waals surface area contributed by atoms with E-state index in [1.807, 2.05) is 12.1 Å². The van der Waals surface area contributed by atoms with Crippen LogP contribution in [0.2, 0.25) is 0 Å². The molecule has 4 nitrogen and oxygen atoms in total. The smallest absolute Gasteiger partial charge is 0.122 e. The molecule has 0 bridgehead atoms. The Balaban J connectivity index is 2.82. The highest BCUT2D eigenvalue weighted by Crippen LogP contribution is 2.15. The van der Waals surface area contributed by atoms with Gasteiger partial charge in [0.15, 0.2) is 0 Å². The zero-order valence-electron chi connectivity index (χ0n) is 13.4. The molecule has 20 heavy (non-hydrogen) atoms. The summed E-state index contributed by atoms with van der Waals surface area (Å²) in [6, 6.07) is 6.55. The topological polar surface area (TPSA) is 56.4 Å². The molecule has 1 aromatic rings. The highest BCUT2D eigenvalue weighted by Gasteiger charge is 2.14. The lowest BCUT2D eigenvalue weighted by Crippen LogP contribution is -2.39. The van der Waals surface area contributed by atoms with Crippen molar-refractivity contribution in [3.05, 3.63) is 34.9 Å². The van der Waals surface area contributed by atoms with Gasteiger partial charge >= 0.3 is 0 Å². The van der Waals surface area contributed by atoms with Crippen LogP contribution >= 0.6 is 0 Å². The van der Waals surface area contributed by atoms with Crippen LogP contribution in [0.1, 0.15) is 30.5 Å². The molecule has 0 spiro atoms. The normalized spacial score (nSPS) is 12.9. The van der Waals surface area contributed by atoms with Crippen LogP contribution in [-0.4, -0.2) is 48.9 Å². The van der Waals surface area contributed by atoms with Crippen molar-refractivity contribution < 1.29 is 0 Å². The SMILES string of the molecule is CCN(Cc1ccc(C(=N)N)cc1C)C(C)CN(C)C. The van der Waals surface area contributed by atoms with E-state index in [4.69, 9.17) is 11.1 Å². The van der Waals surface area contributed by atoms with Crippen LogP contribution in [0.4, 0.5) is 0 Å². The van der Waals surface area contributed by atoms with Crippen LogP contribution in [0.3, 0.4) is 0 Å². The Morgan fingerprint density at radius 1 is 1.35 bits per heavy atom. The first-order valence-electron chi connectivity index (χ1n) is 7.17. The first-order chi connectivity index (χ1) is 9.35. The lowest BCUT2D eigenvalue weighted by atomic mass is 10.0. The van der Waals surface area contributed by atoms with Gasteiger partial charge in [0.1, 0.15) is 5.84 Å². The van der Waals surface area contributed by atoms with E-state index < -0.39 is 0 Å². The van der Waals surface area contributed by atoms with Gasteiger partial charge in [-0.25, -0.2) is 0 Å². The number of hydrogen-bond acceptors (Lipinski definition) is 3. The average Bonchev–Trinajstić information content (AvgIpc) is 2.36. The number of nitrogens with two attached hydrogens (primary N) is 1. The molecule has 0 aliphatic rings. The fourth-order valence-corrected chi connectivity index (χ4v) is 2.48. The van der Waals surface area contributed by atoms with Crippen LogP contribution in [-0.2, 0) is 6.54 Å². The van der Waals surface area contributed by atoms with E-state index in [-0.39, 0.29) is 5.84 Å². The third kappa shape index (κ3) is 4.62. The van der Waals surface area contributed by atoms with E-state index >= 15 is 0 Å². The number of amidine groups is 1. The maximum Gasteiger partial charge on any atom is 0.122 e. The van der Waals surface area contributed by atoms with E-state index in [1.165, 1.54) is 11.1 Å². The van der Waals surface area contributed by atoms with Crippen molar-refractivity contribution in [3.63, 3.8) is 0 Å². The number of likely N-dealkylation sites (N-methyl/N-ethyl adjacent to an activating group) is 2. The van der Waals surface area contributed by atoms with Gasteiger partial charge in [-0.3, -0.25) is 10.3 Å². The van der Waals surface area contributed by atoms with Crippen molar-refractivity contribution in [2.24, 2.45) is 5.73 Å². The van der Waals surface area contributed by atoms with Crippen molar-refractivity contribution in [2.45, 2.75) is 33.4 Å². The molecular weight excluding hydrogens is 248 g/mol. The maximum atomic E-state index is 7.49. The minimum Gasteiger partial charge on any atom is -0.384 e. The summed E-state index contributed by atoms with van der Waals surface area (Å²) in [6.45, 7) is 9.58. The minimum absolute atomic E-state index is 0.132. The number of nitrogens with one attached hydrogen (secondary N) is 1. The first kappa shape index (κ1) is 16.7. The van der Waals surface area contributed by atoms with Crippen molar-refractivity contribution in [2.75, 3.05) is 27.2 Å². The largest absolute Gasteiger partial charge is 0.384 e. The Labute approximate surface area is 123 Å². The van der Waals surface area contributed by atoms with Gasteiger partial charge in [0.2, 0.25) is 0 Å². The van der Waals surface area contributed by atoms with Crippen molar-refractivity contribution in [1.82, 2.24) is 9.80 Å². The van der Waals surface area contributed by atoms with Gasteiger partial charge in [-0.1, -0.05) is 19.1 Å². The zero-order chi connectivity index (χ0) is 15.3. The van der Waals surface area contributed by atoms with E-state index in [1.54, 1.807) is 0 Å². The quantitative estimate of drug-likeness (QED) is 0.592. The van der Waals surface area contributed by atoms with Crippen LogP contribution in [0.15, 0.2) is 18.2 Å². The number of aryl methyl sites for hydroxylation is 1. The average molecular weight is 276 g/mol. The number of rotatable bonds is 7. The van der Waals surface area contributed by atoms with E-state index in [0.717, 1.165) is 25.2 Å². The molecule has 4 heteroatoms. The van der Waals surface area contributed by atoms with Crippen molar-refractivity contribution in [3.8, 4) is 0 Å². The van der Waals surface area contributed by atoms with Gasteiger partial charge < -0.3 is 10.6 Å². The molecule has 0 radical (unpaired) electrons. The molecule has 0 amide bonds. The molecule has 112 valence electrons. The predicted octanol–water partition coefficient (Wildman–Crippen LogP) is 2.05. The minimum atomic E-state index is 0.132. The number of benzene rings is 1. The summed E-state index contributed by atoms with van der Waals surface area (Å²) in [6.07, 6.45) is 0. The lowest BCUT2D eigenvalue weighted by molar-refractivity contribution is 0.174. The van der Waals surface area contributed by atoms with Gasteiger partial charge in [-0.15, -0.1) is 0 Å². The van der Waals surface area contributed by atoms with E-state index in [0.29, 0.717) is 6.04 Å². The third-order valence-electron chi connectivity index (χ3n) is 3.69. The van der Waals surface area contributed by atoms with Crippen molar-refractivity contribution in [1.29, 1.82) is 5.41 Å². The number of hydrogen-bond donors (Lipinski definition) is 2. The predicted molar refractivity (Wildman–Crippen MR) is 86.3 cm³/mol. The standard InChI is InChI=1S/C16H28N4/c1-6-20(13(3)10-19(4)5)11-15-8-7-14(16(17)18)9-12(15)2/h7-9,13H,6,10-11H2,1-5H3,(H3,17,18). The summed E-state index contributed by atoms with van der Waals surface area (Å²) < 4.78 is 0. The number of nitrogens with zero attached hydrogens (tertiary/aromatic N) is 2. The highest BCUT2D eigenvalue weighted by molar-refractivity contribution is 5.95. The lowest BCUT2D eigenvalue weighted by Gasteiger charge is -2.30.